The van der Waals surface area contributed by atoms with E-state index in [1.54, 1.807) is 0 Å². The molecule has 0 amide bonds. The maximum atomic E-state index is 13.3. The summed E-state index contributed by atoms with van der Waals surface area (Å²) in [7, 11) is 0. The molecule has 0 unspecified atom stereocenters. The zero-order valence-corrected chi connectivity index (χ0v) is 10.3. The van der Waals surface area contributed by atoms with Crippen LogP contribution in [0.5, 0.6) is 0 Å². The predicted octanol–water partition coefficient (Wildman–Crippen LogP) is 2.05. The number of allylic oxidation sites excluding steroid dienone is 1. The second-order valence-corrected chi connectivity index (χ2v) is 4.54. The van der Waals surface area contributed by atoms with Crippen LogP contribution >= 0.6 is 0 Å². The van der Waals surface area contributed by atoms with Gasteiger partial charge in [-0.25, -0.2) is 4.39 Å². The number of fused-ring (bicyclic) bond motifs is 1. The van der Waals surface area contributed by atoms with E-state index in [-0.39, 0.29) is 11.1 Å². The SMILES string of the molecule is CC(=O)C1=C(O)c2cc(F)ccc2[C@](C)(C#N)C1=O. The average molecular weight is 259 g/mol. The van der Waals surface area contributed by atoms with Crippen LogP contribution in [0.1, 0.15) is 25.0 Å². The molecule has 0 bridgehead atoms. The summed E-state index contributed by atoms with van der Waals surface area (Å²) < 4.78 is 13.3. The molecule has 1 aromatic rings. The predicted molar refractivity (Wildman–Crippen MR) is 64.6 cm³/mol. The molecule has 1 aliphatic carbocycles. The molecule has 0 spiro atoms. The highest BCUT2D eigenvalue weighted by Gasteiger charge is 2.46. The molecule has 0 aliphatic heterocycles. The van der Waals surface area contributed by atoms with Crippen molar-refractivity contribution in [1.82, 2.24) is 0 Å². The summed E-state index contributed by atoms with van der Waals surface area (Å²) in [6, 6.07) is 5.23. The number of Topliss-reactive ketones (excluding diaryl/α,β-unsaturated/α-hetero) is 2. The number of nitriles is 1. The summed E-state index contributed by atoms with van der Waals surface area (Å²) in [4.78, 5) is 23.7. The lowest BCUT2D eigenvalue weighted by Gasteiger charge is -2.29. The molecule has 0 aromatic heterocycles. The van der Waals surface area contributed by atoms with Crippen LogP contribution in [0.3, 0.4) is 0 Å². The molecule has 0 radical (unpaired) electrons. The fraction of sp³-hybridized carbons (Fsp3) is 0.214. The van der Waals surface area contributed by atoms with Gasteiger partial charge in [-0.2, -0.15) is 5.26 Å². The summed E-state index contributed by atoms with van der Waals surface area (Å²) in [6.45, 7) is 2.47. The van der Waals surface area contributed by atoms with Crippen molar-refractivity contribution in [3.63, 3.8) is 0 Å². The Kier molecular flexibility index (Phi) is 2.74. The highest BCUT2D eigenvalue weighted by Crippen LogP contribution is 2.39. The fourth-order valence-corrected chi connectivity index (χ4v) is 2.20. The second-order valence-electron chi connectivity index (χ2n) is 4.54. The first-order valence-electron chi connectivity index (χ1n) is 5.53. The Morgan fingerprint density at radius 3 is 2.63 bits per heavy atom. The topological polar surface area (TPSA) is 78.2 Å². The van der Waals surface area contributed by atoms with Gasteiger partial charge in [0.05, 0.1) is 6.07 Å². The maximum absolute atomic E-state index is 13.3. The van der Waals surface area contributed by atoms with Gasteiger partial charge in [0.15, 0.2) is 11.6 Å². The number of rotatable bonds is 1. The molecule has 0 saturated heterocycles. The standard InChI is InChI=1S/C14H10FNO3/c1-7(17)11-12(18)9-5-8(15)3-4-10(9)14(2,6-16)13(11)19/h3-5,18H,1-2H3/t14-/m0/s1. The third-order valence-electron chi connectivity index (χ3n) is 3.27. The molecule has 0 heterocycles. The van der Waals surface area contributed by atoms with Crippen molar-refractivity contribution in [1.29, 1.82) is 5.26 Å². The molecule has 0 fully saturated rings. The number of carbonyl (C=O) groups is 2. The third kappa shape index (κ3) is 1.65. The number of nitrogens with zero attached hydrogens (tertiary/aromatic N) is 1. The van der Waals surface area contributed by atoms with E-state index >= 15 is 0 Å². The monoisotopic (exact) mass is 259 g/mol. The Morgan fingerprint density at radius 1 is 1.47 bits per heavy atom. The van der Waals surface area contributed by atoms with Crippen molar-refractivity contribution in [2.45, 2.75) is 19.3 Å². The van der Waals surface area contributed by atoms with E-state index in [2.05, 4.69) is 0 Å². The van der Waals surface area contributed by atoms with Crippen molar-refractivity contribution in [2.24, 2.45) is 0 Å². The van der Waals surface area contributed by atoms with Gasteiger partial charge in [0.25, 0.3) is 0 Å². The summed E-state index contributed by atoms with van der Waals surface area (Å²) in [6.07, 6.45) is 0. The number of aliphatic hydroxyl groups excluding tert-OH is 1. The highest BCUT2D eigenvalue weighted by atomic mass is 19.1. The van der Waals surface area contributed by atoms with Gasteiger partial charge in [-0.3, -0.25) is 9.59 Å². The lowest BCUT2D eigenvalue weighted by Crippen LogP contribution is -2.38. The number of hydrogen-bond acceptors (Lipinski definition) is 4. The van der Waals surface area contributed by atoms with Gasteiger partial charge in [-0.05, 0) is 31.5 Å². The molecular formula is C14H10FNO3. The first-order chi connectivity index (χ1) is 8.82. The molecule has 5 heteroatoms. The first-order valence-corrected chi connectivity index (χ1v) is 5.53. The number of aliphatic hydroxyl groups is 1. The van der Waals surface area contributed by atoms with Crippen molar-refractivity contribution in [2.75, 3.05) is 0 Å². The minimum absolute atomic E-state index is 0.00819. The zero-order chi connectivity index (χ0) is 14.4. The molecule has 1 N–H and O–H groups in total. The summed E-state index contributed by atoms with van der Waals surface area (Å²) in [5, 5.41) is 19.2. The van der Waals surface area contributed by atoms with Gasteiger partial charge in [-0.15, -0.1) is 0 Å². The average Bonchev–Trinajstić information content (AvgIpc) is 2.36. The van der Waals surface area contributed by atoms with Crippen LogP contribution < -0.4 is 0 Å². The smallest absolute Gasteiger partial charge is 0.194 e. The summed E-state index contributed by atoms with van der Waals surface area (Å²) in [5.41, 5.74) is -1.85. The first kappa shape index (κ1) is 13.0. The fourth-order valence-electron chi connectivity index (χ4n) is 2.20. The van der Waals surface area contributed by atoms with Crippen LogP contribution in [-0.2, 0) is 15.0 Å². The number of hydrogen-bond donors (Lipinski definition) is 1. The van der Waals surface area contributed by atoms with Crippen LogP contribution in [0.15, 0.2) is 23.8 Å². The molecule has 1 atom stereocenters. The Hall–Kier alpha value is -2.48. The summed E-state index contributed by atoms with van der Waals surface area (Å²) >= 11 is 0. The molecule has 1 aromatic carbocycles. The molecule has 2 rings (SSSR count). The van der Waals surface area contributed by atoms with E-state index in [1.807, 2.05) is 6.07 Å². The van der Waals surface area contributed by atoms with E-state index in [0.717, 1.165) is 19.1 Å². The number of carbonyl (C=O) groups excluding carboxylic acids is 2. The molecule has 96 valence electrons. The quantitative estimate of drug-likeness (QED) is 0.783. The summed E-state index contributed by atoms with van der Waals surface area (Å²) in [5.74, 6) is -2.61. The van der Waals surface area contributed by atoms with Crippen LogP contribution in [0.4, 0.5) is 4.39 Å². The zero-order valence-electron chi connectivity index (χ0n) is 10.3. The Labute approximate surface area is 108 Å². The van der Waals surface area contributed by atoms with Gasteiger partial charge in [0, 0.05) is 5.56 Å². The van der Waals surface area contributed by atoms with E-state index in [9.17, 15) is 24.3 Å². The molecule has 19 heavy (non-hydrogen) atoms. The van der Waals surface area contributed by atoms with Gasteiger partial charge >= 0.3 is 0 Å². The van der Waals surface area contributed by atoms with E-state index in [4.69, 9.17) is 0 Å². The Balaban J connectivity index is 2.90. The van der Waals surface area contributed by atoms with Crippen LogP contribution in [-0.4, -0.2) is 16.7 Å². The minimum Gasteiger partial charge on any atom is -0.506 e. The highest BCUT2D eigenvalue weighted by molar-refractivity contribution is 6.29. The second kappa shape index (κ2) is 4.02. The van der Waals surface area contributed by atoms with Crippen LogP contribution in [0.25, 0.3) is 5.76 Å². The Morgan fingerprint density at radius 2 is 2.11 bits per heavy atom. The van der Waals surface area contributed by atoms with E-state index in [1.165, 1.54) is 13.0 Å². The van der Waals surface area contributed by atoms with Crippen LogP contribution in [0.2, 0.25) is 0 Å². The number of halogens is 1. The molecular weight excluding hydrogens is 249 g/mol. The normalized spacial score (nSPS) is 21.9. The Bertz CT molecular complexity index is 684. The van der Waals surface area contributed by atoms with Crippen LogP contribution in [0, 0.1) is 17.1 Å². The van der Waals surface area contributed by atoms with E-state index < -0.39 is 34.1 Å². The lowest BCUT2D eigenvalue weighted by atomic mass is 9.70. The largest absolute Gasteiger partial charge is 0.506 e. The van der Waals surface area contributed by atoms with Gasteiger partial charge in [-0.1, -0.05) is 6.07 Å². The lowest BCUT2D eigenvalue weighted by molar-refractivity contribution is -0.122. The van der Waals surface area contributed by atoms with Gasteiger partial charge in [0.1, 0.15) is 22.6 Å². The minimum atomic E-state index is -1.60. The molecule has 1 aliphatic rings. The van der Waals surface area contributed by atoms with E-state index in [0.29, 0.717) is 0 Å². The van der Waals surface area contributed by atoms with Crippen molar-refractivity contribution >= 4 is 17.3 Å². The number of ketones is 2. The van der Waals surface area contributed by atoms with Crippen molar-refractivity contribution in [3.05, 3.63) is 40.7 Å². The molecule has 4 nitrogen and oxygen atoms in total. The number of benzene rings is 1. The van der Waals surface area contributed by atoms with Gasteiger partial charge in [0.2, 0.25) is 0 Å². The van der Waals surface area contributed by atoms with Crippen molar-refractivity contribution in [3.8, 4) is 6.07 Å². The van der Waals surface area contributed by atoms with Crippen molar-refractivity contribution < 1.29 is 19.1 Å². The third-order valence-corrected chi connectivity index (χ3v) is 3.27. The maximum Gasteiger partial charge on any atom is 0.194 e. The van der Waals surface area contributed by atoms with Gasteiger partial charge < -0.3 is 5.11 Å². The molecule has 0 saturated carbocycles.